The van der Waals surface area contributed by atoms with Crippen molar-refractivity contribution in [1.82, 2.24) is 20.1 Å². The molecule has 2 aliphatic rings. The molecule has 1 N–H and O–H groups in total. The van der Waals surface area contributed by atoms with E-state index in [9.17, 15) is 9.59 Å². The van der Waals surface area contributed by atoms with Gasteiger partial charge < -0.3 is 19.5 Å². The highest BCUT2D eigenvalue weighted by Crippen LogP contribution is 2.23. The van der Waals surface area contributed by atoms with Gasteiger partial charge in [0.2, 0.25) is 11.8 Å². The molecule has 0 aliphatic carbocycles. The maximum absolute atomic E-state index is 12.9. The van der Waals surface area contributed by atoms with Crippen molar-refractivity contribution in [2.24, 2.45) is 5.92 Å². The summed E-state index contributed by atoms with van der Waals surface area (Å²) in [5.74, 6) is 0.465. The Morgan fingerprint density at radius 1 is 1.21 bits per heavy atom. The minimum Gasteiger partial charge on any atom is -0.423 e. The van der Waals surface area contributed by atoms with Gasteiger partial charge in [-0.15, -0.1) is 0 Å². The van der Waals surface area contributed by atoms with Gasteiger partial charge in [-0.3, -0.25) is 14.5 Å². The van der Waals surface area contributed by atoms with E-state index in [2.05, 4.69) is 33.9 Å². The summed E-state index contributed by atoms with van der Waals surface area (Å²) in [6, 6.07) is 7.94. The van der Waals surface area contributed by atoms with Crippen molar-refractivity contribution in [2.45, 2.75) is 26.3 Å². The van der Waals surface area contributed by atoms with E-state index >= 15 is 0 Å². The first kappa shape index (κ1) is 19.7. The predicted molar refractivity (Wildman–Crippen MR) is 111 cm³/mol. The lowest BCUT2D eigenvalue weighted by Crippen LogP contribution is -2.58. The number of benzene rings is 1. The Kier molecular flexibility index (Phi) is 5.71. The van der Waals surface area contributed by atoms with E-state index in [1.807, 2.05) is 29.2 Å². The molecule has 8 nitrogen and oxygen atoms in total. The number of carbonyl (C=O) groups is 2. The van der Waals surface area contributed by atoms with Crippen LogP contribution in [0.25, 0.3) is 11.1 Å². The summed E-state index contributed by atoms with van der Waals surface area (Å²) in [6.45, 7) is 9.11. The number of para-hydroxylation sites is 2. The lowest BCUT2D eigenvalue weighted by molar-refractivity contribution is -0.139. The molecule has 2 aromatic rings. The number of anilines is 1. The Bertz CT molecular complexity index is 839. The van der Waals surface area contributed by atoms with Gasteiger partial charge in [0.15, 0.2) is 5.58 Å². The van der Waals surface area contributed by atoms with Gasteiger partial charge in [0, 0.05) is 45.8 Å². The highest BCUT2D eigenvalue weighted by Gasteiger charge is 2.34. The van der Waals surface area contributed by atoms with E-state index < -0.39 is 0 Å². The number of oxazole rings is 1. The summed E-state index contributed by atoms with van der Waals surface area (Å²) < 4.78 is 5.84. The third-order valence-corrected chi connectivity index (χ3v) is 5.59. The van der Waals surface area contributed by atoms with Gasteiger partial charge in [0.25, 0.3) is 6.01 Å². The molecule has 0 saturated carbocycles. The highest BCUT2D eigenvalue weighted by molar-refractivity contribution is 5.89. The van der Waals surface area contributed by atoms with Crippen LogP contribution in [-0.2, 0) is 9.59 Å². The number of nitrogens with one attached hydrogen (secondary N) is 1. The zero-order valence-corrected chi connectivity index (χ0v) is 17.1. The van der Waals surface area contributed by atoms with Crippen LogP contribution in [0.15, 0.2) is 28.7 Å². The number of carbonyl (C=O) groups excluding carboxylic acids is 2. The molecule has 1 aromatic heterocycles. The molecule has 2 aliphatic heterocycles. The Morgan fingerprint density at radius 3 is 2.69 bits per heavy atom. The Labute approximate surface area is 170 Å². The van der Waals surface area contributed by atoms with Gasteiger partial charge in [0.05, 0.1) is 12.5 Å². The molecular weight excluding hydrogens is 370 g/mol. The van der Waals surface area contributed by atoms with Crippen LogP contribution in [0.4, 0.5) is 6.01 Å². The van der Waals surface area contributed by atoms with Crippen molar-refractivity contribution in [3.63, 3.8) is 0 Å². The van der Waals surface area contributed by atoms with E-state index in [1.165, 1.54) is 0 Å². The second kappa shape index (κ2) is 8.41. The number of nitrogens with zero attached hydrogens (tertiary/aromatic N) is 4. The zero-order valence-electron chi connectivity index (χ0n) is 17.1. The summed E-state index contributed by atoms with van der Waals surface area (Å²) in [5, 5.41) is 2.90. The summed E-state index contributed by atoms with van der Waals surface area (Å²) in [5.41, 5.74) is 1.61. The third-order valence-electron chi connectivity index (χ3n) is 5.59. The normalized spacial score (nSPS) is 21.1. The van der Waals surface area contributed by atoms with Gasteiger partial charge in [-0.05, 0) is 18.1 Å². The maximum Gasteiger partial charge on any atom is 0.298 e. The molecule has 4 rings (SSSR count). The van der Waals surface area contributed by atoms with Crippen molar-refractivity contribution in [2.75, 3.05) is 50.7 Å². The van der Waals surface area contributed by atoms with Gasteiger partial charge in [-0.2, -0.15) is 4.98 Å². The standard InChI is InChI=1S/C21H29N5O3/c1-15(2)14-26-8-7-22-20(28)17(26)13-19(27)24-9-11-25(12-10-24)21-23-16-5-3-4-6-18(16)29-21/h3-6,15,17H,7-14H2,1-2H3,(H,22,28). The molecule has 156 valence electrons. The van der Waals surface area contributed by atoms with Gasteiger partial charge in [-0.25, -0.2) is 0 Å². The minimum absolute atomic E-state index is 0.0321. The van der Waals surface area contributed by atoms with E-state index in [0.29, 0.717) is 44.7 Å². The van der Waals surface area contributed by atoms with Crippen molar-refractivity contribution in [3.8, 4) is 0 Å². The van der Waals surface area contributed by atoms with Crippen molar-refractivity contribution in [3.05, 3.63) is 24.3 Å². The molecule has 2 saturated heterocycles. The van der Waals surface area contributed by atoms with Crippen LogP contribution in [0.1, 0.15) is 20.3 Å². The van der Waals surface area contributed by atoms with Crippen LogP contribution >= 0.6 is 0 Å². The molecular formula is C21H29N5O3. The second-order valence-corrected chi connectivity index (χ2v) is 8.23. The highest BCUT2D eigenvalue weighted by atomic mass is 16.4. The topological polar surface area (TPSA) is 81.9 Å². The molecule has 29 heavy (non-hydrogen) atoms. The minimum atomic E-state index is -0.367. The molecule has 2 fully saturated rings. The molecule has 1 unspecified atom stereocenters. The summed E-state index contributed by atoms with van der Waals surface area (Å²) >= 11 is 0. The van der Waals surface area contributed by atoms with Crippen molar-refractivity contribution < 1.29 is 14.0 Å². The molecule has 8 heteroatoms. The lowest BCUT2D eigenvalue weighted by atomic mass is 10.1. The number of amides is 2. The molecule has 0 bridgehead atoms. The van der Waals surface area contributed by atoms with Crippen LogP contribution in [0.2, 0.25) is 0 Å². The monoisotopic (exact) mass is 399 g/mol. The fraction of sp³-hybridized carbons (Fsp3) is 0.571. The van der Waals surface area contributed by atoms with Gasteiger partial charge in [-0.1, -0.05) is 26.0 Å². The summed E-state index contributed by atoms with van der Waals surface area (Å²) in [4.78, 5) is 35.9. The lowest BCUT2D eigenvalue weighted by Gasteiger charge is -2.38. The van der Waals surface area contributed by atoms with E-state index in [0.717, 1.165) is 24.2 Å². The summed E-state index contributed by atoms with van der Waals surface area (Å²) in [6.07, 6.45) is 0.238. The molecule has 1 aromatic carbocycles. The average molecular weight is 399 g/mol. The molecule has 3 heterocycles. The number of rotatable bonds is 5. The van der Waals surface area contributed by atoms with E-state index in [-0.39, 0.29) is 24.3 Å². The fourth-order valence-corrected chi connectivity index (χ4v) is 4.11. The van der Waals surface area contributed by atoms with Crippen LogP contribution < -0.4 is 10.2 Å². The van der Waals surface area contributed by atoms with Crippen LogP contribution in [-0.4, -0.2) is 78.5 Å². The zero-order chi connectivity index (χ0) is 20.4. The smallest absolute Gasteiger partial charge is 0.298 e. The molecule has 0 spiro atoms. The second-order valence-electron chi connectivity index (χ2n) is 8.23. The SMILES string of the molecule is CC(C)CN1CCNC(=O)C1CC(=O)N1CCN(c2nc3ccccc3o2)CC1. The first-order chi connectivity index (χ1) is 14.0. The third kappa shape index (κ3) is 4.37. The molecule has 1 atom stereocenters. The average Bonchev–Trinajstić information content (AvgIpc) is 3.14. The van der Waals surface area contributed by atoms with Gasteiger partial charge in [0.1, 0.15) is 5.52 Å². The van der Waals surface area contributed by atoms with Crippen molar-refractivity contribution in [1.29, 1.82) is 0 Å². The van der Waals surface area contributed by atoms with Crippen LogP contribution in [0.5, 0.6) is 0 Å². The Hall–Kier alpha value is -2.61. The maximum atomic E-state index is 12.9. The Balaban J connectivity index is 1.35. The fourth-order valence-electron chi connectivity index (χ4n) is 4.11. The molecule has 2 amide bonds. The van der Waals surface area contributed by atoms with Gasteiger partial charge >= 0.3 is 0 Å². The number of hydrogen-bond donors (Lipinski definition) is 1. The summed E-state index contributed by atoms with van der Waals surface area (Å²) in [7, 11) is 0. The number of piperazine rings is 2. The largest absolute Gasteiger partial charge is 0.423 e. The quantitative estimate of drug-likeness (QED) is 0.817. The first-order valence-corrected chi connectivity index (χ1v) is 10.4. The van der Waals surface area contributed by atoms with Crippen LogP contribution in [0.3, 0.4) is 0 Å². The van der Waals surface area contributed by atoms with E-state index in [4.69, 9.17) is 4.42 Å². The first-order valence-electron chi connectivity index (χ1n) is 10.4. The Morgan fingerprint density at radius 2 is 1.97 bits per heavy atom. The number of fused-ring (bicyclic) bond motifs is 1. The van der Waals surface area contributed by atoms with Crippen molar-refractivity contribution >= 4 is 28.9 Å². The molecule has 0 radical (unpaired) electrons. The predicted octanol–water partition coefficient (Wildman–Crippen LogP) is 1.32. The van der Waals surface area contributed by atoms with Crippen LogP contribution in [0, 0.1) is 5.92 Å². The number of hydrogen-bond acceptors (Lipinski definition) is 6. The number of aromatic nitrogens is 1. The van der Waals surface area contributed by atoms with E-state index in [1.54, 1.807) is 0 Å².